The lowest BCUT2D eigenvalue weighted by atomic mass is 9.85. The topological polar surface area (TPSA) is 249 Å². The number of benzene rings is 3. The summed E-state index contributed by atoms with van der Waals surface area (Å²) in [6, 6.07) is 18.3. The number of thiazole rings is 3. The minimum atomic E-state index is -3.58. The lowest BCUT2D eigenvalue weighted by Crippen LogP contribution is -2.45. The van der Waals surface area contributed by atoms with Gasteiger partial charge in [0.05, 0.1) is 46.4 Å². The highest BCUT2D eigenvalue weighted by atomic mass is 32.2. The van der Waals surface area contributed by atoms with E-state index >= 15 is 0 Å². The summed E-state index contributed by atoms with van der Waals surface area (Å²) in [6.45, 7) is 23.4. The molecule has 3 aliphatic carbocycles. The molecule has 24 heteroatoms. The van der Waals surface area contributed by atoms with E-state index in [1.54, 1.807) is 34.0 Å². The molecule has 6 aliphatic rings. The van der Waals surface area contributed by atoms with Crippen molar-refractivity contribution >= 4 is 79.5 Å². The third-order valence-corrected chi connectivity index (χ3v) is 29.1. The van der Waals surface area contributed by atoms with Crippen LogP contribution in [0.5, 0.6) is 0 Å². The zero-order valence-electron chi connectivity index (χ0n) is 58.9. The normalized spacial score (nSPS) is 20.2. The molecule has 3 saturated carbocycles. The maximum Gasteiger partial charge on any atom is 0.241 e. The van der Waals surface area contributed by atoms with Gasteiger partial charge in [0.15, 0.2) is 15.4 Å². The molecule has 6 heterocycles. The lowest BCUT2D eigenvalue weighted by molar-refractivity contribution is 0.328. The number of aryl methyl sites for hydroxylation is 6. The summed E-state index contributed by atoms with van der Waals surface area (Å²) in [4.78, 5) is 18.5. The van der Waals surface area contributed by atoms with Crippen LogP contribution in [0.3, 0.4) is 0 Å². The Balaban J connectivity index is 0.000000158. The number of hydrogen-bond acceptors (Lipinski definition) is 18. The monoisotopic (exact) mass is 1440 g/mol. The predicted octanol–water partition coefficient (Wildman–Crippen LogP) is 14.9. The van der Waals surface area contributed by atoms with Crippen LogP contribution in [0.1, 0.15) is 196 Å². The molecule has 97 heavy (non-hydrogen) atoms. The minimum Gasteiger partial charge on any atom is -0.359 e. The van der Waals surface area contributed by atoms with Gasteiger partial charge in [-0.25, -0.2) is 54.4 Å². The Morgan fingerprint density at radius 3 is 1.12 bits per heavy atom. The number of aromatic nitrogens is 3. The summed E-state index contributed by atoms with van der Waals surface area (Å²) in [5.41, 5.74) is 7.83. The van der Waals surface area contributed by atoms with Crippen molar-refractivity contribution in [1.29, 1.82) is 0 Å². The predicted molar refractivity (Wildman–Crippen MR) is 403 cm³/mol. The molecule has 0 amide bonds. The largest absolute Gasteiger partial charge is 0.359 e. The summed E-state index contributed by atoms with van der Waals surface area (Å²) < 4.78 is 87.7. The summed E-state index contributed by atoms with van der Waals surface area (Å²) in [7, 11) is -10.7. The quantitative estimate of drug-likeness (QED) is 0.0307. The van der Waals surface area contributed by atoms with Gasteiger partial charge in [-0.3, -0.25) is 0 Å². The van der Waals surface area contributed by atoms with Crippen LogP contribution in [-0.4, -0.2) is 116 Å². The van der Waals surface area contributed by atoms with Gasteiger partial charge in [-0.05, 0) is 235 Å². The van der Waals surface area contributed by atoms with Gasteiger partial charge in [0.1, 0.15) is 0 Å². The molecule has 9 N–H and O–H groups in total. The first-order chi connectivity index (χ1) is 46.5. The Labute approximate surface area is 592 Å². The van der Waals surface area contributed by atoms with Gasteiger partial charge in [0, 0.05) is 42.8 Å². The van der Waals surface area contributed by atoms with E-state index in [-0.39, 0.29) is 18.1 Å². The van der Waals surface area contributed by atoms with Gasteiger partial charge in [0.25, 0.3) is 0 Å². The Kier molecular flexibility index (Phi) is 27.1. The average molecular weight is 1440 g/mol. The fourth-order valence-corrected chi connectivity index (χ4v) is 22.9. The van der Waals surface area contributed by atoms with Crippen LogP contribution in [0.2, 0.25) is 0 Å². The van der Waals surface area contributed by atoms with Crippen molar-refractivity contribution in [1.82, 2.24) is 45.1 Å². The highest BCUT2D eigenvalue weighted by Crippen LogP contribution is 2.40. The van der Waals surface area contributed by atoms with Gasteiger partial charge in [-0.2, -0.15) is 0 Å². The van der Waals surface area contributed by atoms with E-state index in [0.717, 1.165) is 158 Å². The van der Waals surface area contributed by atoms with Gasteiger partial charge in [0.2, 0.25) is 30.1 Å². The molecule has 12 rings (SSSR count). The van der Waals surface area contributed by atoms with Gasteiger partial charge >= 0.3 is 0 Å². The van der Waals surface area contributed by atoms with Gasteiger partial charge < -0.3 is 31.9 Å². The molecule has 3 aliphatic heterocycles. The maximum absolute atomic E-state index is 13.2. The second kappa shape index (κ2) is 35.0. The second-order valence-electron chi connectivity index (χ2n) is 28.6. The molecular formula is C73H110N12O6S6. The fraction of sp³-hybridized carbons (Fsp3) is 0.630. The Morgan fingerprint density at radius 1 is 0.412 bits per heavy atom. The molecule has 0 bridgehead atoms. The molecule has 6 fully saturated rings. The van der Waals surface area contributed by atoms with Crippen LogP contribution in [0, 0.1) is 59.3 Å². The van der Waals surface area contributed by atoms with Crippen molar-refractivity contribution in [3.05, 3.63) is 88.4 Å². The molecule has 0 radical (unpaired) electrons. The number of hydrogen-bond donors (Lipinski definition) is 9. The molecule has 3 saturated heterocycles. The molecule has 4 atom stereocenters. The standard InChI is InChI=1S/C25H38N4O2S2.2C24H36N4O2S2/c1-17-9-10-21(16-23(17)33(30,31)29-22-11-13-26-14-12-22)24-19(3)28-25(32-24)27-18(2)15-20-7-5-4-6-8-20;1-16-11-12-20(14-22(16)32(29,30)28-21-10-7-13-25-15-21)23-18(3)27-24(31-23)26-17(2)19-8-5-4-6-9-19;1-16-9-10-20(15-22(16)32(29,30)28-21-11-13-25-14-12-21)23-18(3)27-24(31-23)26-17(2)19-7-5-4-6-8-19/h9-10,16,18,20,22,26,29H,4-8,11-15H2,1-3H3,(H,27,28);11-12,14,17,19,21,25,28H,4-10,13,15H2,1-3H3,(H,26,27);9-10,15,17,19,21,25,28H,4-8,11-14H2,1-3H3,(H,26,27)/t18-;17-,21?;17-/m111/s1. The lowest BCUT2D eigenvalue weighted by Gasteiger charge is -2.28. The molecule has 18 nitrogen and oxygen atoms in total. The van der Waals surface area contributed by atoms with Crippen molar-refractivity contribution in [2.45, 2.75) is 255 Å². The van der Waals surface area contributed by atoms with Crippen LogP contribution < -0.4 is 46.1 Å². The van der Waals surface area contributed by atoms with E-state index in [9.17, 15) is 25.3 Å². The highest BCUT2D eigenvalue weighted by molar-refractivity contribution is 7.90. The first-order valence-corrected chi connectivity index (χ1v) is 43.1. The molecule has 1 unspecified atom stereocenters. The zero-order chi connectivity index (χ0) is 68.9. The Morgan fingerprint density at radius 2 is 0.763 bits per heavy atom. The smallest absolute Gasteiger partial charge is 0.241 e. The first kappa shape index (κ1) is 75.2. The molecule has 6 aromatic rings. The van der Waals surface area contributed by atoms with E-state index in [1.807, 2.05) is 96.1 Å². The van der Waals surface area contributed by atoms with Crippen molar-refractivity contribution in [2.24, 2.45) is 17.8 Å². The van der Waals surface area contributed by atoms with E-state index < -0.39 is 30.1 Å². The van der Waals surface area contributed by atoms with E-state index in [1.165, 1.54) is 103 Å². The maximum atomic E-state index is 13.2. The van der Waals surface area contributed by atoms with E-state index in [0.29, 0.717) is 51.2 Å². The second-order valence-corrected chi connectivity index (χ2v) is 36.7. The van der Waals surface area contributed by atoms with E-state index in [2.05, 4.69) is 66.8 Å². The number of nitrogens with one attached hydrogen (secondary N) is 9. The minimum absolute atomic E-state index is 0.00785. The third-order valence-electron chi connectivity index (χ3n) is 20.7. The van der Waals surface area contributed by atoms with Crippen LogP contribution in [0.4, 0.5) is 15.4 Å². The van der Waals surface area contributed by atoms with Crippen LogP contribution in [0.25, 0.3) is 31.3 Å². The summed E-state index contributed by atoms with van der Waals surface area (Å²) >= 11 is 4.86. The molecule has 534 valence electrons. The van der Waals surface area contributed by atoms with Crippen LogP contribution in [-0.2, 0) is 30.1 Å². The van der Waals surface area contributed by atoms with E-state index in [4.69, 9.17) is 15.0 Å². The number of sulfonamides is 3. The number of piperidine rings is 3. The molecular weight excluding hydrogens is 1330 g/mol. The number of rotatable bonds is 22. The summed E-state index contributed by atoms with van der Waals surface area (Å²) in [5, 5.41) is 23.4. The fourth-order valence-electron chi connectivity index (χ4n) is 15.0. The highest BCUT2D eigenvalue weighted by Gasteiger charge is 2.30. The van der Waals surface area contributed by atoms with Crippen molar-refractivity contribution < 1.29 is 25.3 Å². The van der Waals surface area contributed by atoms with Crippen molar-refractivity contribution in [2.75, 3.05) is 55.2 Å². The molecule has 3 aromatic heterocycles. The summed E-state index contributed by atoms with van der Waals surface area (Å²) in [6.07, 6.45) is 26.3. The molecule has 3 aromatic carbocycles. The summed E-state index contributed by atoms with van der Waals surface area (Å²) in [5.74, 6) is 2.22. The number of anilines is 3. The van der Waals surface area contributed by atoms with Crippen molar-refractivity contribution in [3.8, 4) is 31.3 Å². The average Bonchev–Trinajstić information content (AvgIpc) is 1.81. The Bertz CT molecular complexity index is 3710. The third kappa shape index (κ3) is 20.9. The zero-order valence-corrected chi connectivity index (χ0v) is 63.8. The SMILES string of the molecule is Cc1ccc(-c2sc(N[C@H](C)C3CCCCC3)nc2C)cc1S(=O)(=O)NC1CCCNC1.Cc1ccc(-c2sc(N[C@H](C)C3CCCCC3)nc2C)cc1S(=O)(=O)NC1CCNCC1.Cc1ccc(-c2sc(N[C@H](C)CC3CCCCC3)nc2C)cc1S(=O)(=O)NC1CCNCC1. The van der Waals surface area contributed by atoms with Gasteiger partial charge in [-0.1, -0.05) is 141 Å². The van der Waals surface area contributed by atoms with Crippen molar-refractivity contribution in [3.63, 3.8) is 0 Å². The number of nitrogens with zero attached hydrogens (tertiary/aromatic N) is 3. The Hall–Kier alpha value is -4.44. The van der Waals surface area contributed by atoms with Crippen LogP contribution >= 0.6 is 34.0 Å². The first-order valence-electron chi connectivity index (χ1n) is 36.2. The molecule has 0 spiro atoms. The van der Waals surface area contributed by atoms with Crippen LogP contribution in [0.15, 0.2) is 69.3 Å². The van der Waals surface area contributed by atoms with Gasteiger partial charge in [-0.15, -0.1) is 0 Å².